The zero-order valence-corrected chi connectivity index (χ0v) is 16.7. The van der Waals surface area contributed by atoms with Crippen molar-refractivity contribution in [2.24, 2.45) is 0 Å². The highest BCUT2D eigenvalue weighted by molar-refractivity contribution is 7.19. The first kappa shape index (κ1) is 17.6. The van der Waals surface area contributed by atoms with Crippen LogP contribution in [0.1, 0.15) is 18.2 Å². The van der Waals surface area contributed by atoms with Crippen LogP contribution in [0.2, 0.25) is 0 Å². The molecule has 1 amide bonds. The monoisotopic (exact) mass is 401 g/mol. The van der Waals surface area contributed by atoms with Gasteiger partial charge in [-0.15, -0.1) is 0 Å². The lowest BCUT2D eigenvalue weighted by Gasteiger charge is -2.14. The Morgan fingerprint density at radius 1 is 1.14 bits per heavy atom. The molecular formula is C22H19N5OS. The van der Waals surface area contributed by atoms with Gasteiger partial charge in [-0.05, 0) is 37.1 Å². The van der Waals surface area contributed by atoms with Crippen LogP contribution in [0.4, 0.5) is 10.8 Å². The van der Waals surface area contributed by atoms with E-state index in [4.69, 9.17) is 10.8 Å². The number of para-hydroxylation sites is 1. The number of nitrogen functional groups attached to an aromatic ring is 1. The Labute approximate surface area is 172 Å². The van der Waals surface area contributed by atoms with Gasteiger partial charge in [0.15, 0.2) is 5.13 Å². The molecule has 5 rings (SSSR count). The summed E-state index contributed by atoms with van der Waals surface area (Å²) in [6.45, 7) is 1.50. The van der Waals surface area contributed by atoms with Crippen molar-refractivity contribution in [3.63, 3.8) is 0 Å². The molecule has 0 aliphatic heterocycles. The molecule has 2 aromatic heterocycles. The highest BCUT2D eigenvalue weighted by Gasteiger charge is 2.29. The second-order valence-corrected chi connectivity index (χ2v) is 8.02. The molecule has 0 fully saturated rings. The lowest BCUT2D eigenvalue weighted by molar-refractivity contribution is -0.114. The third-order valence-electron chi connectivity index (χ3n) is 4.95. The van der Waals surface area contributed by atoms with E-state index in [0.717, 1.165) is 46.1 Å². The van der Waals surface area contributed by atoms with E-state index in [1.807, 2.05) is 59.3 Å². The first-order valence-corrected chi connectivity index (χ1v) is 10.2. The number of nitrogens with one attached hydrogen (secondary N) is 1. The minimum atomic E-state index is -0.117. The lowest BCUT2D eigenvalue weighted by atomic mass is 9.95. The number of thiazole rings is 1. The fraction of sp³-hybridized carbons (Fsp3) is 0.136. The fourth-order valence-electron chi connectivity index (χ4n) is 3.75. The van der Waals surface area contributed by atoms with Crippen LogP contribution in [-0.4, -0.2) is 20.7 Å². The number of hydrogen-bond acceptors (Lipinski definition) is 5. The van der Waals surface area contributed by atoms with Gasteiger partial charge in [0.2, 0.25) is 5.91 Å². The van der Waals surface area contributed by atoms with Crippen LogP contribution >= 0.6 is 11.3 Å². The van der Waals surface area contributed by atoms with Crippen LogP contribution in [0.25, 0.3) is 27.5 Å². The zero-order chi connectivity index (χ0) is 20.0. The molecule has 0 bridgehead atoms. The van der Waals surface area contributed by atoms with Gasteiger partial charge in [0.1, 0.15) is 0 Å². The second kappa shape index (κ2) is 6.86. The Hall–Kier alpha value is -3.45. The standard InChI is InChI=1S/C22H19N5OS/c1-13(28)24-22-25-18-11-10-17-19(14-6-5-7-15(23)12-14)26-27(20(17)21(18)29-22)16-8-3-2-4-9-16/h2-9,12H,10-11,23H2,1H3,(H,24,25,28). The lowest BCUT2D eigenvalue weighted by Crippen LogP contribution is -2.06. The average molecular weight is 401 g/mol. The largest absolute Gasteiger partial charge is 0.399 e. The molecule has 29 heavy (non-hydrogen) atoms. The van der Waals surface area contributed by atoms with Gasteiger partial charge in [-0.2, -0.15) is 5.10 Å². The smallest absolute Gasteiger partial charge is 0.223 e. The summed E-state index contributed by atoms with van der Waals surface area (Å²) in [6.07, 6.45) is 1.65. The predicted octanol–water partition coefficient (Wildman–Crippen LogP) is 4.30. The van der Waals surface area contributed by atoms with Crippen molar-refractivity contribution in [3.8, 4) is 27.5 Å². The molecule has 0 saturated carbocycles. The van der Waals surface area contributed by atoms with Gasteiger partial charge < -0.3 is 11.1 Å². The third kappa shape index (κ3) is 3.09. The predicted molar refractivity (Wildman–Crippen MR) is 116 cm³/mol. The molecule has 1 aliphatic carbocycles. The summed E-state index contributed by atoms with van der Waals surface area (Å²) in [5.41, 5.74) is 12.9. The van der Waals surface area contributed by atoms with Gasteiger partial charge in [-0.25, -0.2) is 9.67 Å². The molecule has 0 unspecified atom stereocenters. The fourth-order valence-corrected chi connectivity index (χ4v) is 4.86. The molecule has 3 N–H and O–H groups in total. The Balaban J connectivity index is 1.75. The summed E-state index contributed by atoms with van der Waals surface area (Å²) in [4.78, 5) is 17.2. The Morgan fingerprint density at radius 2 is 1.97 bits per heavy atom. The summed E-state index contributed by atoms with van der Waals surface area (Å²) < 4.78 is 1.99. The quantitative estimate of drug-likeness (QED) is 0.501. The number of carbonyl (C=O) groups is 1. The van der Waals surface area contributed by atoms with Crippen molar-refractivity contribution in [3.05, 3.63) is 65.9 Å². The van der Waals surface area contributed by atoms with Gasteiger partial charge in [-0.3, -0.25) is 4.79 Å². The number of hydrogen-bond donors (Lipinski definition) is 2. The minimum absolute atomic E-state index is 0.117. The maximum atomic E-state index is 11.5. The number of aromatic nitrogens is 3. The molecule has 2 aromatic carbocycles. The molecule has 0 radical (unpaired) electrons. The van der Waals surface area contributed by atoms with Crippen LogP contribution in [0.15, 0.2) is 54.6 Å². The van der Waals surface area contributed by atoms with Crippen molar-refractivity contribution in [1.82, 2.24) is 14.8 Å². The molecule has 0 spiro atoms. The summed E-state index contributed by atoms with van der Waals surface area (Å²) in [7, 11) is 0. The number of nitrogens with two attached hydrogens (primary N) is 1. The van der Waals surface area contributed by atoms with E-state index in [2.05, 4.69) is 10.3 Å². The number of amides is 1. The van der Waals surface area contributed by atoms with E-state index >= 15 is 0 Å². The molecule has 1 aliphatic rings. The van der Waals surface area contributed by atoms with Gasteiger partial charge in [-0.1, -0.05) is 41.7 Å². The summed E-state index contributed by atoms with van der Waals surface area (Å²) in [6, 6.07) is 17.9. The van der Waals surface area contributed by atoms with Crippen molar-refractivity contribution < 1.29 is 4.79 Å². The molecule has 144 valence electrons. The Morgan fingerprint density at radius 3 is 2.72 bits per heavy atom. The number of benzene rings is 2. The molecular weight excluding hydrogens is 382 g/mol. The van der Waals surface area contributed by atoms with Crippen LogP contribution < -0.4 is 11.1 Å². The van der Waals surface area contributed by atoms with Gasteiger partial charge >= 0.3 is 0 Å². The van der Waals surface area contributed by atoms with E-state index < -0.39 is 0 Å². The number of fused-ring (bicyclic) bond motifs is 3. The van der Waals surface area contributed by atoms with Crippen molar-refractivity contribution >= 4 is 28.1 Å². The topological polar surface area (TPSA) is 85.8 Å². The van der Waals surface area contributed by atoms with E-state index in [-0.39, 0.29) is 5.91 Å². The normalized spacial score (nSPS) is 12.3. The minimum Gasteiger partial charge on any atom is -0.399 e. The number of nitrogens with zero attached hydrogens (tertiary/aromatic N) is 3. The molecule has 7 heteroatoms. The van der Waals surface area contributed by atoms with Crippen LogP contribution in [0.5, 0.6) is 0 Å². The number of anilines is 2. The number of carbonyl (C=O) groups excluding carboxylic acids is 1. The zero-order valence-electron chi connectivity index (χ0n) is 15.8. The Bertz CT molecular complexity index is 1230. The third-order valence-corrected chi connectivity index (χ3v) is 5.97. The van der Waals surface area contributed by atoms with Crippen molar-refractivity contribution in [2.45, 2.75) is 19.8 Å². The average Bonchev–Trinajstić information content (AvgIpc) is 3.29. The molecule has 0 saturated heterocycles. The van der Waals surface area contributed by atoms with E-state index in [1.54, 1.807) is 0 Å². The molecule has 2 heterocycles. The molecule has 0 atom stereocenters. The van der Waals surface area contributed by atoms with E-state index in [0.29, 0.717) is 10.8 Å². The second-order valence-electron chi connectivity index (χ2n) is 7.02. The SMILES string of the molecule is CC(=O)Nc1nc2c(s1)-c1c(c(-c3cccc(N)c3)nn1-c1ccccc1)CC2. The van der Waals surface area contributed by atoms with Crippen molar-refractivity contribution in [2.75, 3.05) is 11.1 Å². The van der Waals surface area contributed by atoms with Crippen molar-refractivity contribution in [1.29, 1.82) is 0 Å². The summed E-state index contributed by atoms with van der Waals surface area (Å²) in [5, 5.41) is 8.44. The number of aryl methyl sites for hydroxylation is 1. The van der Waals surface area contributed by atoms with Gasteiger partial charge in [0.05, 0.1) is 27.6 Å². The Kier molecular flexibility index (Phi) is 4.17. The first-order chi connectivity index (χ1) is 14.1. The molecule has 4 aromatic rings. The summed E-state index contributed by atoms with van der Waals surface area (Å²) in [5.74, 6) is -0.117. The highest BCUT2D eigenvalue weighted by Crippen LogP contribution is 2.44. The van der Waals surface area contributed by atoms with E-state index in [9.17, 15) is 4.79 Å². The van der Waals surface area contributed by atoms with Gasteiger partial charge in [0, 0.05) is 23.7 Å². The maximum absolute atomic E-state index is 11.5. The van der Waals surface area contributed by atoms with E-state index in [1.165, 1.54) is 23.8 Å². The number of rotatable bonds is 3. The first-order valence-electron chi connectivity index (χ1n) is 9.41. The maximum Gasteiger partial charge on any atom is 0.223 e. The van der Waals surface area contributed by atoms with Crippen LogP contribution in [0.3, 0.4) is 0 Å². The van der Waals surface area contributed by atoms with Gasteiger partial charge in [0.25, 0.3) is 0 Å². The van der Waals surface area contributed by atoms with Crippen LogP contribution in [0, 0.1) is 0 Å². The summed E-state index contributed by atoms with van der Waals surface area (Å²) >= 11 is 1.50. The molecule has 6 nitrogen and oxygen atoms in total. The van der Waals surface area contributed by atoms with Crippen LogP contribution in [-0.2, 0) is 17.6 Å². The highest BCUT2D eigenvalue weighted by atomic mass is 32.1.